The molecule has 2 heterocycles. The average Bonchev–Trinajstić information content (AvgIpc) is 3.41. The highest BCUT2D eigenvalue weighted by Gasteiger charge is 2.34. The van der Waals surface area contributed by atoms with Crippen LogP contribution in [0.2, 0.25) is 0 Å². The third-order valence-corrected chi connectivity index (χ3v) is 6.33. The van der Waals surface area contributed by atoms with E-state index < -0.39 is 11.7 Å². The zero-order valence-electron chi connectivity index (χ0n) is 17.6. The second-order valence-corrected chi connectivity index (χ2v) is 8.52. The summed E-state index contributed by atoms with van der Waals surface area (Å²) in [7, 11) is 1.68. The van der Waals surface area contributed by atoms with Crippen molar-refractivity contribution in [2.24, 2.45) is 21.1 Å². The fraction of sp³-hybridized carbons (Fsp3) is 0.478. The van der Waals surface area contributed by atoms with Crippen molar-refractivity contribution in [3.63, 3.8) is 0 Å². The minimum Gasteiger partial charge on any atom is -0.339 e. The molecule has 164 valence electrons. The maximum Gasteiger partial charge on any atom is 0.416 e. The smallest absolute Gasteiger partial charge is 0.339 e. The molecule has 0 radical (unpaired) electrons. The number of hydrogen-bond acceptors (Lipinski definition) is 4. The first-order chi connectivity index (χ1) is 14.7. The van der Waals surface area contributed by atoms with E-state index >= 15 is 0 Å². The highest BCUT2D eigenvalue weighted by Crippen LogP contribution is 2.33. The molecule has 3 aliphatic rings. The monoisotopic (exact) mass is 430 g/mol. The summed E-state index contributed by atoms with van der Waals surface area (Å²) in [6.07, 6.45) is 2.40. The molecule has 0 bridgehead atoms. The van der Waals surface area contributed by atoms with Gasteiger partial charge in [0, 0.05) is 55.0 Å². The van der Waals surface area contributed by atoms with Crippen LogP contribution in [0, 0.1) is 5.92 Å². The van der Waals surface area contributed by atoms with Gasteiger partial charge in [-0.15, -0.1) is 0 Å². The van der Waals surface area contributed by atoms with Crippen LogP contribution in [0.4, 0.5) is 13.2 Å². The third-order valence-electron chi connectivity index (χ3n) is 6.33. The fourth-order valence-corrected chi connectivity index (χ4v) is 4.52. The van der Waals surface area contributed by atoms with Gasteiger partial charge in [0.25, 0.3) is 5.91 Å². The number of alkyl halides is 3. The van der Waals surface area contributed by atoms with Crippen LogP contribution in [0.1, 0.15) is 61.4 Å². The average molecular weight is 430 g/mol. The van der Waals surface area contributed by atoms with Gasteiger partial charge in [0.1, 0.15) is 0 Å². The molecule has 4 rings (SSSR count). The van der Waals surface area contributed by atoms with Crippen molar-refractivity contribution >= 4 is 23.0 Å². The van der Waals surface area contributed by atoms with E-state index in [1.807, 2.05) is 13.1 Å². The van der Waals surface area contributed by atoms with Gasteiger partial charge in [-0.1, -0.05) is 12.5 Å². The largest absolute Gasteiger partial charge is 0.416 e. The van der Waals surface area contributed by atoms with Crippen molar-refractivity contribution in [2.45, 2.75) is 57.7 Å². The lowest BCUT2D eigenvalue weighted by Gasteiger charge is -2.35. The number of carbonyl (C=O) groups is 1. The van der Waals surface area contributed by atoms with Crippen LogP contribution < -0.4 is 0 Å². The quantitative estimate of drug-likeness (QED) is 0.641. The SMILES string of the molecule is CC1=NC=C(C2=NN=C([C@H]3CCC[C@@H](N(C)C(=O)c4cccc(C(F)(F)F)c4)C3)C2)C1. The number of allylic oxidation sites excluding steroid dienone is 1. The Morgan fingerprint density at radius 1 is 1.16 bits per heavy atom. The highest BCUT2D eigenvalue weighted by atomic mass is 19.4. The molecule has 2 atom stereocenters. The summed E-state index contributed by atoms with van der Waals surface area (Å²) in [6.45, 7) is 1.99. The lowest BCUT2D eigenvalue weighted by molar-refractivity contribution is -0.137. The molecule has 1 aromatic rings. The zero-order valence-corrected chi connectivity index (χ0v) is 17.6. The standard InChI is InChI=1S/C23H25F3N4O/c1-14-9-17(13-27-14)21-12-20(28-29-21)15-5-4-8-19(11-15)30(2)22(31)16-6-3-7-18(10-16)23(24,25)26/h3,6-7,10,13,15,19H,4-5,8-9,11-12H2,1-2H3/t15-,19+/m0/s1. The lowest BCUT2D eigenvalue weighted by Crippen LogP contribution is -2.41. The Labute approximate surface area is 179 Å². The Morgan fingerprint density at radius 2 is 1.97 bits per heavy atom. The van der Waals surface area contributed by atoms with Gasteiger partial charge in [-0.25, -0.2) is 0 Å². The van der Waals surface area contributed by atoms with Crippen LogP contribution in [-0.4, -0.2) is 41.0 Å². The Bertz CT molecular complexity index is 1010. The van der Waals surface area contributed by atoms with Crippen molar-refractivity contribution in [3.05, 3.63) is 47.2 Å². The summed E-state index contributed by atoms with van der Waals surface area (Å²) in [5, 5.41) is 8.80. The Kier molecular flexibility index (Phi) is 5.81. The van der Waals surface area contributed by atoms with E-state index in [0.29, 0.717) is 6.42 Å². The molecule has 1 fully saturated rings. The zero-order chi connectivity index (χ0) is 22.2. The number of amides is 1. The fourth-order valence-electron chi connectivity index (χ4n) is 4.52. The Morgan fingerprint density at radius 3 is 2.68 bits per heavy atom. The summed E-state index contributed by atoms with van der Waals surface area (Å²) >= 11 is 0. The van der Waals surface area contributed by atoms with Gasteiger partial charge in [0.05, 0.1) is 11.3 Å². The van der Waals surface area contributed by atoms with Crippen molar-refractivity contribution in [1.82, 2.24) is 4.90 Å². The second-order valence-electron chi connectivity index (χ2n) is 8.52. The maximum absolute atomic E-state index is 13.0. The second kappa shape index (κ2) is 8.40. The minimum absolute atomic E-state index is 0.0381. The molecule has 1 aliphatic carbocycles. The Balaban J connectivity index is 1.39. The first kappa shape index (κ1) is 21.5. The topological polar surface area (TPSA) is 57.4 Å². The minimum atomic E-state index is -4.47. The molecule has 1 aromatic carbocycles. The van der Waals surface area contributed by atoms with Gasteiger partial charge >= 0.3 is 6.18 Å². The molecule has 5 nitrogen and oxygen atoms in total. The molecule has 1 amide bonds. The van der Waals surface area contributed by atoms with Crippen LogP contribution >= 0.6 is 0 Å². The number of benzene rings is 1. The van der Waals surface area contributed by atoms with Gasteiger partial charge < -0.3 is 4.90 Å². The maximum atomic E-state index is 13.0. The molecule has 31 heavy (non-hydrogen) atoms. The van der Waals surface area contributed by atoms with E-state index in [-0.39, 0.29) is 23.4 Å². The summed E-state index contributed by atoms with van der Waals surface area (Å²) in [4.78, 5) is 18.8. The van der Waals surface area contributed by atoms with E-state index in [9.17, 15) is 18.0 Å². The van der Waals surface area contributed by atoms with Gasteiger partial charge in [-0.2, -0.15) is 23.4 Å². The molecule has 2 aliphatic heterocycles. The molecule has 0 unspecified atom stereocenters. The third kappa shape index (κ3) is 4.62. The highest BCUT2D eigenvalue weighted by molar-refractivity contribution is 6.17. The van der Waals surface area contributed by atoms with Crippen molar-refractivity contribution < 1.29 is 18.0 Å². The first-order valence-electron chi connectivity index (χ1n) is 10.5. The lowest BCUT2D eigenvalue weighted by atomic mass is 9.80. The van der Waals surface area contributed by atoms with Gasteiger partial charge in [0.15, 0.2) is 0 Å². The summed E-state index contributed by atoms with van der Waals surface area (Å²) in [6, 6.07) is 4.59. The van der Waals surface area contributed by atoms with Gasteiger partial charge in [-0.05, 0) is 50.0 Å². The summed E-state index contributed by atoms with van der Waals surface area (Å²) < 4.78 is 39.0. The van der Waals surface area contributed by atoms with Gasteiger partial charge in [0.2, 0.25) is 0 Å². The van der Waals surface area contributed by atoms with Crippen molar-refractivity contribution in [3.8, 4) is 0 Å². The molecule has 1 saturated carbocycles. The number of carbonyl (C=O) groups excluding carboxylic acids is 1. The van der Waals surface area contributed by atoms with Crippen LogP contribution in [0.25, 0.3) is 0 Å². The molecular formula is C23H25F3N4O. The Hall–Kier alpha value is -2.77. The van der Waals surface area contributed by atoms with Crippen LogP contribution in [0.15, 0.2) is 51.2 Å². The van der Waals surface area contributed by atoms with E-state index in [1.165, 1.54) is 12.1 Å². The predicted molar refractivity (Wildman–Crippen MR) is 115 cm³/mol. The van der Waals surface area contributed by atoms with E-state index in [2.05, 4.69) is 15.2 Å². The molecular weight excluding hydrogens is 405 g/mol. The van der Waals surface area contributed by atoms with Crippen LogP contribution in [-0.2, 0) is 6.18 Å². The number of rotatable bonds is 4. The summed E-state index contributed by atoms with van der Waals surface area (Å²) in [5.41, 5.74) is 3.43. The number of nitrogens with zero attached hydrogens (tertiary/aromatic N) is 4. The van der Waals surface area contributed by atoms with Crippen molar-refractivity contribution in [2.75, 3.05) is 7.05 Å². The van der Waals surface area contributed by atoms with Gasteiger partial charge in [-0.3, -0.25) is 9.79 Å². The number of aliphatic imine (C=N–C) groups is 1. The summed E-state index contributed by atoms with van der Waals surface area (Å²) in [5.74, 6) is -0.161. The molecule has 0 spiro atoms. The van der Waals surface area contributed by atoms with Crippen LogP contribution in [0.5, 0.6) is 0 Å². The van der Waals surface area contributed by atoms with E-state index in [0.717, 1.165) is 66.9 Å². The van der Waals surface area contributed by atoms with E-state index in [1.54, 1.807) is 11.9 Å². The van der Waals surface area contributed by atoms with Crippen molar-refractivity contribution in [1.29, 1.82) is 0 Å². The predicted octanol–water partition coefficient (Wildman–Crippen LogP) is 5.29. The normalized spacial score (nSPS) is 23.8. The molecule has 0 aromatic heterocycles. The molecule has 8 heteroatoms. The molecule has 0 saturated heterocycles. The molecule has 0 N–H and O–H groups in total. The first-order valence-corrected chi connectivity index (χ1v) is 10.5. The van der Waals surface area contributed by atoms with E-state index in [4.69, 9.17) is 0 Å². The number of hydrogen-bond donors (Lipinski definition) is 0. The van der Waals surface area contributed by atoms with Crippen LogP contribution in [0.3, 0.4) is 0 Å². The number of halogens is 3.